The minimum Gasteiger partial charge on any atom is -0.497 e. The van der Waals surface area contributed by atoms with Gasteiger partial charge in [0, 0.05) is 37.3 Å². The third-order valence-electron chi connectivity index (χ3n) is 5.83. The number of piperazine rings is 1. The highest BCUT2D eigenvalue weighted by molar-refractivity contribution is 5.96. The average Bonchev–Trinajstić information content (AvgIpc) is 2.84. The molecule has 150 valence electrons. The van der Waals surface area contributed by atoms with Crippen molar-refractivity contribution in [1.82, 2.24) is 4.98 Å². The van der Waals surface area contributed by atoms with Crippen LogP contribution in [0, 0.1) is 0 Å². The molecule has 5 rings (SSSR count). The Morgan fingerprint density at radius 1 is 0.733 bits per heavy atom. The molecular formula is C26H25N3O. The molecule has 0 aliphatic carbocycles. The first-order chi connectivity index (χ1) is 14.8. The van der Waals surface area contributed by atoms with Crippen molar-refractivity contribution >= 4 is 22.4 Å². The number of anilines is 2. The molecule has 30 heavy (non-hydrogen) atoms. The topological polar surface area (TPSA) is 28.6 Å². The van der Waals surface area contributed by atoms with E-state index >= 15 is 0 Å². The molecule has 1 fully saturated rings. The van der Waals surface area contributed by atoms with E-state index in [-0.39, 0.29) is 0 Å². The molecule has 0 bridgehead atoms. The molecule has 0 N–H and O–H groups in total. The van der Waals surface area contributed by atoms with Gasteiger partial charge in [0.15, 0.2) is 0 Å². The summed E-state index contributed by atoms with van der Waals surface area (Å²) < 4.78 is 5.28. The fourth-order valence-electron chi connectivity index (χ4n) is 4.17. The Kier molecular flexibility index (Phi) is 4.98. The first kappa shape index (κ1) is 18.5. The summed E-state index contributed by atoms with van der Waals surface area (Å²) in [7, 11) is 1.70. The summed E-state index contributed by atoms with van der Waals surface area (Å²) in [4.78, 5) is 9.82. The highest BCUT2D eigenvalue weighted by atomic mass is 16.5. The normalized spacial score (nSPS) is 14.2. The highest BCUT2D eigenvalue weighted by Crippen LogP contribution is 2.32. The molecule has 0 unspecified atom stereocenters. The predicted octanol–water partition coefficient (Wildman–Crippen LogP) is 5.24. The van der Waals surface area contributed by atoms with Crippen molar-refractivity contribution in [2.24, 2.45) is 0 Å². The third-order valence-corrected chi connectivity index (χ3v) is 5.83. The van der Waals surface area contributed by atoms with E-state index in [1.165, 1.54) is 22.2 Å². The summed E-state index contributed by atoms with van der Waals surface area (Å²) in [5, 5.41) is 1.20. The van der Waals surface area contributed by atoms with E-state index < -0.39 is 0 Å². The van der Waals surface area contributed by atoms with Gasteiger partial charge in [-0.15, -0.1) is 0 Å². The fraction of sp³-hybridized carbons (Fsp3) is 0.192. The van der Waals surface area contributed by atoms with Gasteiger partial charge in [0.2, 0.25) is 0 Å². The van der Waals surface area contributed by atoms with E-state index in [0.29, 0.717) is 0 Å². The highest BCUT2D eigenvalue weighted by Gasteiger charge is 2.20. The van der Waals surface area contributed by atoms with E-state index in [1.807, 2.05) is 12.1 Å². The fourth-order valence-corrected chi connectivity index (χ4v) is 4.17. The van der Waals surface area contributed by atoms with Gasteiger partial charge in [0.25, 0.3) is 0 Å². The lowest BCUT2D eigenvalue weighted by Gasteiger charge is -2.37. The number of nitrogens with zero attached hydrogens (tertiary/aromatic N) is 3. The molecule has 1 aromatic heterocycles. The van der Waals surface area contributed by atoms with Gasteiger partial charge < -0.3 is 14.5 Å². The van der Waals surface area contributed by atoms with Crippen molar-refractivity contribution in [2.45, 2.75) is 0 Å². The van der Waals surface area contributed by atoms with Crippen LogP contribution in [0.5, 0.6) is 5.75 Å². The van der Waals surface area contributed by atoms with Gasteiger partial charge in [0.05, 0.1) is 12.6 Å². The molecule has 4 heteroatoms. The quantitative estimate of drug-likeness (QED) is 0.473. The standard InChI is InChI=1S/C26H25N3O/c1-30-22-13-11-21(12-14-22)28-15-17-29(18-16-28)26-19-24(20-7-3-2-4-8-20)23-9-5-6-10-25(23)27-26/h2-14,19H,15-18H2,1H3. The molecule has 3 aromatic carbocycles. The van der Waals surface area contributed by atoms with Gasteiger partial charge in [0.1, 0.15) is 11.6 Å². The number of pyridine rings is 1. The van der Waals surface area contributed by atoms with Gasteiger partial charge in [-0.05, 0) is 47.5 Å². The second kappa shape index (κ2) is 8.07. The lowest BCUT2D eigenvalue weighted by molar-refractivity contribution is 0.415. The number of aromatic nitrogens is 1. The van der Waals surface area contributed by atoms with Crippen LogP contribution in [-0.4, -0.2) is 38.3 Å². The Morgan fingerprint density at radius 2 is 1.40 bits per heavy atom. The van der Waals surface area contributed by atoms with Crippen LogP contribution in [0.15, 0.2) is 84.9 Å². The van der Waals surface area contributed by atoms with Gasteiger partial charge in [-0.1, -0.05) is 48.5 Å². The number of hydrogen-bond acceptors (Lipinski definition) is 4. The maximum atomic E-state index is 5.28. The van der Waals surface area contributed by atoms with Gasteiger partial charge in [-0.3, -0.25) is 0 Å². The lowest BCUT2D eigenvalue weighted by Crippen LogP contribution is -2.46. The second-order valence-corrected chi connectivity index (χ2v) is 7.58. The Morgan fingerprint density at radius 3 is 2.13 bits per heavy atom. The van der Waals surface area contributed by atoms with Gasteiger partial charge >= 0.3 is 0 Å². The first-order valence-electron chi connectivity index (χ1n) is 10.4. The summed E-state index contributed by atoms with van der Waals surface area (Å²) in [5.74, 6) is 1.95. The Labute approximate surface area is 177 Å². The van der Waals surface area contributed by atoms with Crippen LogP contribution >= 0.6 is 0 Å². The van der Waals surface area contributed by atoms with Crippen molar-refractivity contribution in [1.29, 1.82) is 0 Å². The Hall–Kier alpha value is -3.53. The number of fused-ring (bicyclic) bond motifs is 1. The van der Waals surface area contributed by atoms with Crippen molar-refractivity contribution in [3.63, 3.8) is 0 Å². The predicted molar refractivity (Wildman–Crippen MR) is 125 cm³/mol. The van der Waals surface area contributed by atoms with E-state index in [2.05, 4.69) is 82.6 Å². The minimum atomic E-state index is 0.895. The molecule has 2 heterocycles. The van der Waals surface area contributed by atoms with Crippen LogP contribution in [0.25, 0.3) is 22.0 Å². The van der Waals surface area contributed by atoms with Crippen LogP contribution < -0.4 is 14.5 Å². The Bertz CT molecular complexity index is 1130. The summed E-state index contributed by atoms with van der Waals surface area (Å²) in [6.07, 6.45) is 0. The lowest BCUT2D eigenvalue weighted by atomic mass is 10.0. The van der Waals surface area contributed by atoms with E-state index in [0.717, 1.165) is 43.3 Å². The zero-order chi connectivity index (χ0) is 20.3. The smallest absolute Gasteiger partial charge is 0.129 e. The van der Waals surface area contributed by atoms with E-state index in [1.54, 1.807) is 7.11 Å². The van der Waals surface area contributed by atoms with Crippen molar-refractivity contribution in [3.8, 4) is 16.9 Å². The summed E-state index contributed by atoms with van der Waals surface area (Å²) in [6, 6.07) is 29.6. The van der Waals surface area contributed by atoms with Crippen molar-refractivity contribution in [2.75, 3.05) is 43.1 Å². The molecule has 0 amide bonds. The van der Waals surface area contributed by atoms with E-state index in [9.17, 15) is 0 Å². The molecule has 1 aliphatic heterocycles. The summed E-state index contributed by atoms with van der Waals surface area (Å²) in [6.45, 7) is 3.85. The maximum Gasteiger partial charge on any atom is 0.129 e. The van der Waals surface area contributed by atoms with E-state index in [4.69, 9.17) is 9.72 Å². The number of hydrogen-bond donors (Lipinski definition) is 0. The zero-order valence-corrected chi connectivity index (χ0v) is 17.2. The summed E-state index contributed by atoms with van der Waals surface area (Å²) >= 11 is 0. The monoisotopic (exact) mass is 395 g/mol. The largest absolute Gasteiger partial charge is 0.497 e. The van der Waals surface area contributed by atoms with Crippen LogP contribution in [0.4, 0.5) is 11.5 Å². The van der Waals surface area contributed by atoms with Crippen LogP contribution in [-0.2, 0) is 0 Å². The number of benzene rings is 3. The van der Waals surface area contributed by atoms with Gasteiger partial charge in [-0.25, -0.2) is 4.98 Å². The molecule has 1 aliphatic rings. The van der Waals surface area contributed by atoms with Crippen LogP contribution in [0.3, 0.4) is 0 Å². The number of para-hydroxylation sites is 1. The molecule has 4 aromatic rings. The molecule has 0 spiro atoms. The molecule has 4 nitrogen and oxygen atoms in total. The summed E-state index contributed by atoms with van der Waals surface area (Å²) in [5.41, 5.74) is 4.77. The average molecular weight is 396 g/mol. The minimum absolute atomic E-state index is 0.895. The SMILES string of the molecule is COc1ccc(N2CCN(c3cc(-c4ccccc4)c4ccccc4n3)CC2)cc1. The molecule has 0 radical (unpaired) electrons. The third kappa shape index (κ3) is 3.57. The zero-order valence-electron chi connectivity index (χ0n) is 17.2. The number of ether oxygens (including phenoxy) is 1. The first-order valence-corrected chi connectivity index (χ1v) is 10.4. The Balaban J connectivity index is 1.42. The van der Waals surface area contributed by atoms with Crippen molar-refractivity contribution < 1.29 is 4.74 Å². The van der Waals surface area contributed by atoms with Crippen LogP contribution in [0.2, 0.25) is 0 Å². The molecule has 0 atom stereocenters. The maximum absolute atomic E-state index is 5.28. The molecule has 0 saturated carbocycles. The molecule has 1 saturated heterocycles. The second-order valence-electron chi connectivity index (χ2n) is 7.58. The number of rotatable bonds is 4. The number of methoxy groups -OCH3 is 1. The van der Waals surface area contributed by atoms with Gasteiger partial charge in [-0.2, -0.15) is 0 Å². The van der Waals surface area contributed by atoms with Crippen LogP contribution in [0.1, 0.15) is 0 Å². The molecular weight excluding hydrogens is 370 g/mol. The van der Waals surface area contributed by atoms with Crippen molar-refractivity contribution in [3.05, 3.63) is 84.9 Å².